The average molecular weight is 2100 g/mol. The van der Waals surface area contributed by atoms with Crippen LogP contribution in [0.4, 0.5) is 49.6 Å². The number of alkyl halides is 6. The van der Waals surface area contributed by atoms with Crippen molar-refractivity contribution in [3.05, 3.63) is 114 Å². The van der Waals surface area contributed by atoms with Crippen LogP contribution in [-0.2, 0) is 0 Å². The van der Waals surface area contributed by atoms with Gasteiger partial charge < -0.3 is 82.6 Å². The summed E-state index contributed by atoms with van der Waals surface area (Å²) in [7, 11) is 0. The van der Waals surface area contributed by atoms with Crippen LogP contribution in [0.15, 0.2) is 49.1 Å². The number of hydrogen-bond acceptors (Lipinski definition) is 28. The number of likely N-dealkylation sites (tertiary alicyclic amines) is 3. The second-order valence-corrected chi connectivity index (χ2v) is 49.3. The minimum atomic E-state index is -2.98. The highest BCUT2D eigenvalue weighted by Crippen LogP contribution is 2.50. The highest BCUT2D eigenvalue weighted by molar-refractivity contribution is 7.18. The number of rotatable bonds is 32. The van der Waals surface area contributed by atoms with Gasteiger partial charge in [-0.15, -0.1) is 45.3 Å². The van der Waals surface area contributed by atoms with Crippen molar-refractivity contribution in [3.63, 3.8) is 0 Å². The fourth-order valence-corrected chi connectivity index (χ4v) is 23.5. The first kappa shape index (κ1) is 110. The molecule has 8 amide bonds. The number of nitrogens with zero attached hydrogens (tertiary/aromatic N) is 12. The van der Waals surface area contributed by atoms with E-state index < -0.39 is 133 Å². The lowest BCUT2D eigenvalue weighted by Crippen LogP contribution is -2.38. The maximum Gasteiger partial charge on any atom is 0.280 e. The summed E-state index contributed by atoms with van der Waals surface area (Å²) < 4.78 is 84.3. The molecule has 8 aromatic heterocycles. The van der Waals surface area contributed by atoms with E-state index in [1.165, 1.54) is 75.5 Å². The first-order valence-corrected chi connectivity index (χ1v) is 53.9. The van der Waals surface area contributed by atoms with Crippen LogP contribution < -0.4 is 42.5 Å². The largest absolute Gasteiger partial charge is 0.389 e. The van der Waals surface area contributed by atoms with Crippen LogP contribution in [0.2, 0.25) is 0 Å². The molecule has 42 heteroatoms. The summed E-state index contributed by atoms with van der Waals surface area (Å²) in [6.45, 7) is 31.1. The number of amides is 8. The number of nitrogens with one attached hydrogen (secondary N) is 8. The smallest absolute Gasteiger partial charge is 0.280 e. The van der Waals surface area contributed by atoms with Crippen LogP contribution in [0.5, 0.6) is 0 Å². The number of pyridine rings is 4. The molecule has 5 saturated carbocycles. The van der Waals surface area contributed by atoms with Crippen molar-refractivity contribution in [2.24, 2.45) is 29.6 Å². The molecule has 5 saturated heterocycles. The van der Waals surface area contributed by atoms with Gasteiger partial charge in [0, 0.05) is 146 Å². The predicted molar refractivity (Wildman–Crippen MR) is 552 cm³/mol. The normalized spacial score (nSPS) is 20.7. The summed E-state index contributed by atoms with van der Waals surface area (Å²) >= 11 is 4.26. The number of halogens is 6. The van der Waals surface area contributed by atoms with Crippen molar-refractivity contribution in [3.8, 4) is 41.8 Å². The Balaban J connectivity index is 0.000000146. The molecule has 10 aliphatic rings. The van der Waals surface area contributed by atoms with E-state index in [9.17, 15) is 85.1 Å². The molecule has 12 N–H and O–H groups in total. The zero-order valence-electron chi connectivity index (χ0n) is 86.4. The Morgan fingerprint density at radius 3 is 0.836 bits per heavy atom. The van der Waals surface area contributed by atoms with Gasteiger partial charge in [0.2, 0.25) is 0 Å². The molecule has 0 radical (unpaired) electrons. The van der Waals surface area contributed by atoms with Crippen molar-refractivity contribution < 1.29 is 85.1 Å². The van der Waals surface area contributed by atoms with Crippen LogP contribution in [0, 0.1) is 57.3 Å². The molecule has 4 atom stereocenters. The summed E-state index contributed by atoms with van der Waals surface area (Å²) in [6.07, 6.45) is 22.2. The molecule has 8 aromatic rings. The Hall–Kier alpha value is -10.5. The van der Waals surface area contributed by atoms with Gasteiger partial charge in [-0.1, -0.05) is 0 Å². The minimum Gasteiger partial charge on any atom is -0.389 e. The van der Waals surface area contributed by atoms with Gasteiger partial charge in [-0.25, -0.2) is 66.2 Å². The number of thiazole rings is 4. The summed E-state index contributed by atoms with van der Waals surface area (Å²) in [5.74, 6) is -6.40. The van der Waals surface area contributed by atoms with Gasteiger partial charge in [-0.3, -0.25) is 38.4 Å². The molecule has 792 valence electrons. The van der Waals surface area contributed by atoms with Crippen LogP contribution >= 0.6 is 45.3 Å². The number of aliphatic hydroxyl groups is 4. The number of aromatic nitrogens is 8. The zero-order chi connectivity index (χ0) is 106. The second kappa shape index (κ2) is 42.9. The maximum atomic E-state index is 14.1. The molecule has 0 unspecified atom stereocenters. The molecule has 146 heavy (non-hydrogen) atoms. The Morgan fingerprint density at radius 2 is 0.610 bits per heavy atom. The van der Waals surface area contributed by atoms with Crippen LogP contribution in [0.25, 0.3) is 41.8 Å². The third-order valence-electron chi connectivity index (χ3n) is 27.7. The van der Waals surface area contributed by atoms with Gasteiger partial charge >= 0.3 is 0 Å². The topological polar surface area (TPSA) is 430 Å². The summed E-state index contributed by atoms with van der Waals surface area (Å²) in [4.78, 5) is 149. The summed E-state index contributed by atoms with van der Waals surface area (Å²) in [5.41, 5.74) is 1.67. The maximum absolute atomic E-state index is 14.1. The summed E-state index contributed by atoms with van der Waals surface area (Å²) in [5, 5.41) is 64.8. The van der Waals surface area contributed by atoms with Crippen molar-refractivity contribution in [1.29, 1.82) is 0 Å². The second-order valence-electron chi connectivity index (χ2n) is 45.3. The number of anilines is 4. The first-order chi connectivity index (χ1) is 68.2. The molecule has 5 aliphatic carbocycles. The highest BCUT2D eigenvalue weighted by Gasteiger charge is 2.52. The fourth-order valence-electron chi connectivity index (χ4n) is 19.3. The average Bonchev–Trinajstić information content (AvgIpc) is 1.59. The molecule has 2 bridgehead atoms. The lowest BCUT2D eigenvalue weighted by Gasteiger charge is -2.22. The van der Waals surface area contributed by atoms with Gasteiger partial charge in [0.25, 0.3) is 65.0 Å². The molecular formula is C104H138F6N20O12S4. The number of aryl methyl sites for hydroxylation is 4. The Kier molecular flexibility index (Phi) is 32.2. The number of carbonyl (C=O) groups is 8. The zero-order valence-corrected chi connectivity index (χ0v) is 89.7. The van der Waals surface area contributed by atoms with Gasteiger partial charge in [-0.05, 0) is 298 Å². The van der Waals surface area contributed by atoms with Crippen LogP contribution in [-0.4, -0.2) is 267 Å². The summed E-state index contributed by atoms with van der Waals surface area (Å²) in [6, 6.07) is 7.49. The molecule has 5 aliphatic heterocycles. The van der Waals surface area contributed by atoms with E-state index in [1.54, 1.807) is 94.8 Å². The first-order valence-electron chi connectivity index (χ1n) is 50.6. The Labute approximate surface area is 863 Å². The SMILES string of the molecule is Cc1cc(NC(C)(C)C)ncc1-c1sc(C(=O)NCC(C)(C)O)nc1C(=O)N1CC(F)(F)C[C@@H]1C.Cc1cc(NC(C2CC2)C2CC2)ncc1-c1sc(C(=O)NCC(C)(C)O)nc1C(=O)N1C2CCC1CC2.Cc1cc(NC(C2CC2)C2CC2)ncc1-c1sc(C(=O)NCC(C)(C)O)nc1C(=O)N1CC(F)(F)C[C@@H]1C.Cc1cc(N[C@@H](C)C2CC2)ncc1-c1sc(C(=O)NCC(C)(C)O)nc1C(=O)N1CC(F)(F)C[C@@H]1C. The molecule has 13 heterocycles. The minimum absolute atomic E-state index is 0.00232. The van der Waals surface area contributed by atoms with Crippen LogP contribution in [0.3, 0.4) is 0 Å². The van der Waals surface area contributed by atoms with E-state index in [0.29, 0.717) is 89.4 Å². The Morgan fingerprint density at radius 1 is 0.370 bits per heavy atom. The standard InChI is InChI=1S/C28H37N5O3S.C27H35F2N5O3S.C25H33F2N5O3S.C24H33F2N5O3S/c1-15-12-21(31-22(16-4-5-16)17-6-7-17)29-13-20(15)24-23(27(35)33-18-8-9-19(33)11-10-18)32-26(37-24)25(34)30-14-28(2,3)36;1-14-9-19(32-20(16-5-6-16)17-7-8-17)30-11-18(14)22-21(25(36)34-13-27(28,29)10-15(34)2)33-24(38-22)23(35)31-12-26(3,4)37;1-13-8-18(30-15(3)16-6-7-16)28-10-17(13)20-19(23(34)32-12-25(26,27)9-14(32)2)31-22(36-20)21(33)29-11-24(4,5)35;1-13-8-16(30-22(3,4)5)27-10-15(13)18-17(21(33)31-12-24(25,26)9-14(31)2)29-20(35-18)19(32)28-11-23(6,7)34/h12-13,16-19,22,36H,4-11,14H2,1-3H3,(H,29,31)(H,30,34);9,11,15-17,20,37H,5-8,10,12-13H2,1-4H3,(H,30,32)(H,31,35);8,10,14-16,35H,6-7,9,11-12H2,1-5H3,(H,28,30)(H,29,33);8,10,14,34H,9,11-12H2,1-7H3,(H,27,30)(H,28,32)/t;15-;14-,15-;14-/m.000/s1. The number of carbonyl (C=O) groups excluding carboxylic acids is 8. The van der Waals surface area contributed by atoms with E-state index >= 15 is 0 Å². The van der Waals surface area contributed by atoms with Gasteiger partial charge in [0.15, 0.2) is 20.0 Å². The third kappa shape index (κ3) is 28.0. The van der Waals surface area contributed by atoms with E-state index in [2.05, 4.69) is 90.4 Å². The van der Waals surface area contributed by atoms with Crippen molar-refractivity contribution in [2.45, 2.75) is 335 Å². The van der Waals surface area contributed by atoms with E-state index in [1.807, 2.05) is 77.8 Å². The van der Waals surface area contributed by atoms with Gasteiger partial charge in [0.1, 0.15) is 46.0 Å². The third-order valence-corrected chi connectivity index (χ3v) is 32.0. The van der Waals surface area contributed by atoms with Crippen molar-refractivity contribution >= 4 is 116 Å². The Bertz CT molecular complexity index is 6150. The molecule has 0 aromatic carbocycles. The number of fused-ring (bicyclic) bond motifs is 2. The van der Waals surface area contributed by atoms with Gasteiger partial charge in [-0.2, -0.15) is 0 Å². The van der Waals surface area contributed by atoms with Crippen LogP contribution in [0.1, 0.15) is 316 Å². The molecule has 10 fully saturated rings. The van der Waals surface area contributed by atoms with Crippen molar-refractivity contribution in [2.75, 3.05) is 67.1 Å². The lowest BCUT2D eigenvalue weighted by atomic mass is 10.0. The molecule has 32 nitrogen and oxygen atoms in total. The monoisotopic (exact) mass is 2100 g/mol. The predicted octanol–water partition coefficient (Wildman–Crippen LogP) is 17.1. The molecule has 0 spiro atoms. The molecular weight excluding hydrogens is 1960 g/mol. The van der Waals surface area contributed by atoms with Gasteiger partial charge in [0.05, 0.1) is 61.5 Å². The van der Waals surface area contributed by atoms with E-state index in [-0.39, 0.29) is 92.7 Å². The quantitative estimate of drug-likeness (QED) is 0.0174. The van der Waals surface area contributed by atoms with E-state index in [0.717, 1.165) is 126 Å². The molecule has 18 rings (SSSR count). The lowest BCUT2D eigenvalue weighted by molar-refractivity contribution is 0.0115. The number of hydrogen-bond donors (Lipinski definition) is 12. The van der Waals surface area contributed by atoms with E-state index in [4.69, 9.17) is 4.98 Å². The fraction of sp³-hybridized carbons (Fsp3) is 0.615. The highest BCUT2D eigenvalue weighted by atomic mass is 32.1. The van der Waals surface area contributed by atoms with Crippen molar-refractivity contribution in [1.82, 2.24) is 80.7 Å².